The Kier molecular flexibility index (Phi) is 5.60. The van der Waals surface area contributed by atoms with Crippen molar-refractivity contribution in [3.8, 4) is 0 Å². The molecule has 1 aliphatic rings. The monoisotopic (exact) mass is 383 g/mol. The van der Waals surface area contributed by atoms with Crippen molar-refractivity contribution in [3.05, 3.63) is 53.1 Å². The van der Waals surface area contributed by atoms with Gasteiger partial charge in [0.05, 0.1) is 5.52 Å². The maximum absolute atomic E-state index is 6.10. The van der Waals surface area contributed by atoms with Gasteiger partial charge in [-0.05, 0) is 62.2 Å². The first kappa shape index (κ1) is 18.3. The Bertz CT molecular complexity index is 898. The van der Waals surface area contributed by atoms with E-state index in [1.807, 2.05) is 22.9 Å². The Morgan fingerprint density at radius 3 is 2.59 bits per heavy atom. The highest BCUT2D eigenvalue weighted by atomic mass is 35.5. The quantitative estimate of drug-likeness (QED) is 0.603. The fraction of sp³-hybridized carbons (Fsp3) is 0.429. The van der Waals surface area contributed by atoms with Crippen LogP contribution in [0.2, 0.25) is 5.02 Å². The SMILES string of the molecule is Cc1cccc(N2CCN(CCCCn3nnc4ccc(Cl)cc43)CC2)c1. The van der Waals surface area contributed by atoms with Crippen LogP contribution in [0.5, 0.6) is 0 Å². The summed E-state index contributed by atoms with van der Waals surface area (Å²) in [6.45, 7) is 8.68. The molecule has 0 aliphatic carbocycles. The van der Waals surface area contributed by atoms with Crippen molar-refractivity contribution < 1.29 is 0 Å². The van der Waals surface area contributed by atoms with Crippen molar-refractivity contribution in [1.29, 1.82) is 0 Å². The second-order valence-electron chi connectivity index (χ2n) is 7.32. The van der Waals surface area contributed by atoms with Crippen LogP contribution in [0.15, 0.2) is 42.5 Å². The minimum Gasteiger partial charge on any atom is -0.369 e. The van der Waals surface area contributed by atoms with Crippen molar-refractivity contribution in [2.45, 2.75) is 26.3 Å². The zero-order chi connectivity index (χ0) is 18.6. The number of piperazine rings is 1. The highest BCUT2D eigenvalue weighted by Crippen LogP contribution is 2.19. The summed E-state index contributed by atoms with van der Waals surface area (Å²) >= 11 is 6.10. The molecular formula is C21H26ClN5. The fourth-order valence-corrected chi connectivity index (χ4v) is 3.92. The summed E-state index contributed by atoms with van der Waals surface area (Å²) < 4.78 is 1.97. The molecule has 0 unspecified atom stereocenters. The zero-order valence-electron chi connectivity index (χ0n) is 15.8. The molecule has 0 spiro atoms. The Hall–Kier alpha value is -2.11. The molecule has 0 N–H and O–H groups in total. The number of hydrogen-bond donors (Lipinski definition) is 0. The van der Waals surface area contributed by atoms with E-state index in [0.717, 1.165) is 61.7 Å². The van der Waals surface area contributed by atoms with Gasteiger partial charge in [-0.2, -0.15) is 0 Å². The molecule has 3 aromatic rings. The van der Waals surface area contributed by atoms with Crippen LogP contribution in [0.25, 0.3) is 11.0 Å². The molecule has 0 radical (unpaired) electrons. The summed E-state index contributed by atoms with van der Waals surface area (Å²) in [6.07, 6.45) is 2.27. The minimum absolute atomic E-state index is 0.734. The lowest BCUT2D eigenvalue weighted by Gasteiger charge is -2.36. The Balaban J connectivity index is 1.22. The highest BCUT2D eigenvalue weighted by Gasteiger charge is 2.16. The van der Waals surface area contributed by atoms with Crippen molar-refractivity contribution in [3.63, 3.8) is 0 Å². The third-order valence-corrected chi connectivity index (χ3v) is 5.54. The lowest BCUT2D eigenvalue weighted by atomic mass is 10.2. The fourth-order valence-electron chi connectivity index (χ4n) is 3.75. The van der Waals surface area contributed by atoms with Crippen LogP contribution >= 0.6 is 11.6 Å². The number of hydrogen-bond acceptors (Lipinski definition) is 4. The molecule has 27 heavy (non-hydrogen) atoms. The lowest BCUT2D eigenvalue weighted by Crippen LogP contribution is -2.46. The van der Waals surface area contributed by atoms with E-state index in [4.69, 9.17) is 11.6 Å². The number of unbranched alkanes of at least 4 members (excludes halogenated alkanes) is 1. The third kappa shape index (κ3) is 4.42. The van der Waals surface area contributed by atoms with E-state index in [1.54, 1.807) is 0 Å². The van der Waals surface area contributed by atoms with Gasteiger partial charge in [0.25, 0.3) is 0 Å². The molecule has 0 bridgehead atoms. The van der Waals surface area contributed by atoms with E-state index in [9.17, 15) is 0 Å². The van der Waals surface area contributed by atoms with Gasteiger partial charge in [0.2, 0.25) is 0 Å². The van der Waals surface area contributed by atoms with Gasteiger partial charge in [-0.3, -0.25) is 4.90 Å². The molecule has 0 saturated carbocycles. The Morgan fingerprint density at radius 1 is 0.963 bits per heavy atom. The smallest absolute Gasteiger partial charge is 0.113 e. The Morgan fingerprint density at radius 2 is 1.78 bits per heavy atom. The maximum Gasteiger partial charge on any atom is 0.113 e. The number of aryl methyl sites for hydroxylation is 2. The molecule has 1 saturated heterocycles. The summed E-state index contributed by atoms with van der Waals surface area (Å²) in [4.78, 5) is 5.07. The van der Waals surface area contributed by atoms with Gasteiger partial charge < -0.3 is 4.90 Å². The van der Waals surface area contributed by atoms with E-state index >= 15 is 0 Å². The molecule has 5 nitrogen and oxygen atoms in total. The van der Waals surface area contributed by atoms with Crippen molar-refractivity contribution >= 4 is 28.3 Å². The van der Waals surface area contributed by atoms with Gasteiger partial charge in [-0.15, -0.1) is 5.10 Å². The van der Waals surface area contributed by atoms with Crippen molar-refractivity contribution in [2.24, 2.45) is 0 Å². The molecule has 1 aromatic heterocycles. The van der Waals surface area contributed by atoms with Crippen LogP contribution in [0.3, 0.4) is 0 Å². The largest absolute Gasteiger partial charge is 0.369 e. The van der Waals surface area contributed by atoms with Gasteiger partial charge in [0, 0.05) is 43.4 Å². The number of rotatable bonds is 6. The molecular weight excluding hydrogens is 358 g/mol. The third-order valence-electron chi connectivity index (χ3n) is 5.31. The van der Waals surface area contributed by atoms with Crippen molar-refractivity contribution in [2.75, 3.05) is 37.6 Å². The minimum atomic E-state index is 0.734. The van der Waals surface area contributed by atoms with Gasteiger partial charge in [-0.25, -0.2) is 4.68 Å². The van der Waals surface area contributed by atoms with Crippen LogP contribution in [0, 0.1) is 6.92 Å². The summed E-state index contributed by atoms with van der Waals surface area (Å²) in [5.74, 6) is 0. The number of anilines is 1. The van der Waals surface area contributed by atoms with E-state index in [0.29, 0.717) is 0 Å². The average Bonchev–Trinajstić information content (AvgIpc) is 3.08. The standard InChI is InChI=1S/C21H26ClN5/c1-17-5-4-6-19(15-17)26-13-11-25(12-14-26)9-2-3-10-27-21-16-18(22)7-8-20(21)23-24-27/h4-8,15-16H,2-3,9-14H2,1H3. The summed E-state index contributed by atoms with van der Waals surface area (Å²) in [7, 11) is 0. The first-order valence-corrected chi connectivity index (χ1v) is 10.1. The van der Waals surface area contributed by atoms with Crippen LogP contribution in [0.1, 0.15) is 18.4 Å². The molecule has 4 rings (SSSR count). The van der Waals surface area contributed by atoms with Gasteiger partial charge in [0.15, 0.2) is 0 Å². The number of nitrogens with zero attached hydrogens (tertiary/aromatic N) is 5. The topological polar surface area (TPSA) is 37.2 Å². The molecule has 0 atom stereocenters. The number of aromatic nitrogens is 3. The van der Waals surface area contributed by atoms with Crippen LogP contribution in [-0.4, -0.2) is 52.6 Å². The van der Waals surface area contributed by atoms with Gasteiger partial charge >= 0.3 is 0 Å². The number of benzene rings is 2. The molecule has 1 fully saturated rings. The summed E-state index contributed by atoms with van der Waals surface area (Å²) in [5, 5.41) is 9.20. The second kappa shape index (κ2) is 8.28. The molecule has 1 aliphatic heterocycles. The Labute approximate surface area is 165 Å². The van der Waals surface area contributed by atoms with E-state index in [1.165, 1.54) is 17.7 Å². The van der Waals surface area contributed by atoms with Crippen LogP contribution < -0.4 is 4.90 Å². The van der Waals surface area contributed by atoms with E-state index in [2.05, 4.69) is 51.3 Å². The van der Waals surface area contributed by atoms with Gasteiger partial charge in [-0.1, -0.05) is 28.9 Å². The molecule has 2 aromatic carbocycles. The summed E-state index contributed by atoms with van der Waals surface area (Å²) in [5.41, 5.74) is 4.61. The second-order valence-corrected chi connectivity index (χ2v) is 7.76. The first-order valence-electron chi connectivity index (χ1n) is 9.72. The van der Waals surface area contributed by atoms with Gasteiger partial charge in [0.1, 0.15) is 5.52 Å². The molecule has 2 heterocycles. The number of fused-ring (bicyclic) bond motifs is 1. The van der Waals surface area contributed by atoms with Crippen LogP contribution in [-0.2, 0) is 6.54 Å². The molecule has 0 amide bonds. The zero-order valence-corrected chi connectivity index (χ0v) is 16.6. The number of halogens is 1. The van der Waals surface area contributed by atoms with Crippen LogP contribution in [0.4, 0.5) is 5.69 Å². The average molecular weight is 384 g/mol. The lowest BCUT2D eigenvalue weighted by molar-refractivity contribution is 0.251. The predicted molar refractivity (Wildman–Crippen MR) is 112 cm³/mol. The van der Waals surface area contributed by atoms with E-state index < -0.39 is 0 Å². The van der Waals surface area contributed by atoms with E-state index in [-0.39, 0.29) is 0 Å². The maximum atomic E-state index is 6.10. The summed E-state index contributed by atoms with van der Waals surface area (Å²) in [6, 6.07) is 14.5. The first-order chi connectivity index (χ1) is 13.2. The normalized spacial score (nSPS) is 15.6. The predicted octanol–water partition coefficient (Wildman–Crippen LogP) is 4.00. The highest BCUT2D eigenvalue weighted by molar-refractivity contribution is 6.31. The molecule has 142 valence electrons. The van der Waals surface area contributed by atoms with Crippen molar-refractivity contribution in [1.82, 2.24) is 19.9 Å². The molecule has 6 heteroatoms.